The Morgan fingerprint density at radius 3 is 2.96 bits per heavy atom. The first-order valence-corrected chi connectivity index (χ1v) is 8.95. The van der Waals surface area contributed by atoms with Gasteiger partial charge in [-0.2, -0.15) is 5.26 Å². The lowest BCUT2D eigenvalue weighted by Crippen LogP contribution is -2.56. The number of carbonyl (C=O) groups is 1. The van der Waals surface area contributed by atoms with Gasteiger partial charge in [0.05, 0.1) is 11.6 Å². The number of hydrogen-bond donors (Lipinski definition) is 1. The molecule has 4 rings (SSSR count). The van der Waals surface area contributed by atoms with Crippen LogP contribution in [-0.2, 0) is 4.74 Å². The highest BCUT2D eigenvalue weighted by Gasteiger charge is 2.41. The molecular weight excluding hydrogens is 316 g/mol. The molecule has 3 heterocycles. The summed E-state index contributed by atoms with van der Waals surface area (Å²) in [7, 11) is 0. The molecule has 2 bridgehead atoms. The summed E-state index contributed by atoms with van der Waals surface area (Å²) in [5.74, 6) is 1.87. The Kier molecular flexibility index (Phi) is 4.85. The number of nitrogens with one attached hydrogen (secondary N) is 1. The van der Waals surface area contributed by atoms with E-state index in [1.165, 1.54) is 6.42 Å². The van der Waals surface area contributed by atoms with E-state index in [9.17, 15) is 4.79 Å². The molecule has 6 nitrogen and oxygen atoms in total. The second-order valence-corrected chi connectivity index (χ2v) is 8.06. The van der Waals surface area contributed by atoms with Gasteiger partial charge in [0.2, 0.25) is 0 Å². The quantitative estimate of drug-likeness (QED) is 0.913. The van der Waals surface area contributed by atoms with Crippen LogP contribution in [0.15, 0.2) is 18.3 Å². The number of fused-ring (bicyclic) bond motifs is 3. The highest BCUT2D eigenvalue weighted by Crippen LogP contribution is 2.40. The number of rotatable bonds is 3. The maximum absolute atomic E-state index is 11.9. The lowest BCUT2D eigenvalue weighted by atomic mass is 9.72. The molecule has 0 radical (unpaired) electrons. The van der Waals surface area contributed by atoms with Crippen LogP contribution in [0.2, 0.25) is 0 Å². The molecule has 1 N–H and O–H groups in total. The minimum atomic E-state index is -0.483. The Morgan fingerprint density at radius 1 is 1.48 bits per heavy atom. The SMILES string of the molecule is CC(C)(C)OC(=O)NCC1CC2CCC1N(c1cc(C#N)ccn1)C2. The molecule has 1 aromatic rings. The first-order chi connectivity index (χ1) is 11.9. The van der Waals surface area contributed by atoms with Crippen LogP contribution in [0.4, 0.5) is 10.6 Å². The molecule has 1 aliphatic carbocycles. The average Bonchev–Trinajstić information content (AvgIpc) is 2.59. The van der Waals surface area contributed by atoms with Crippen molar-refractivity contribution < 1.29 is 9.53 Å². The van der Waals surface area contributed by atoms with Crippen molar-refractivity contribution in [2.24, 2.45) is 11.8 Å². The molecule has 25 heavy (non-hydrogen) atoms. The first kappa shape index (κ1) is 17.5. The second kappa shape index (κ2) is 6.91. The minimum Gasteiger partial charge on any atom is -0.444 e. The first-order valence-electron chi connectivity index (χ1n) is 8.95. The van der Waals surface area contributed by atoms with Crippen molar-refractivity contribution in [1.82, 2.24) is 10.3 Å². The molecule has 2 aliphatic heterocycles. The Morgan fingerprint density at radius 2 is 2.28 bits per heavy atom. The van der Waals surface area contributed by atoms with Crippen molar-refractivity contribution in [2.45, 2.75) is 51.7 Å². The highest BCUT2D eigenvalue weighted by atomic mass is 16.6. The minimum absolute atomic E-state index is 0.348. The van der Waals surface area contributed by atoms with Gasteiger partial charge in [-0.1, -0.05) is 0 Å². The molecule has 6 heteroatoms. The van der Waals surface area contributed by atoms with E-state index >= 15 is 0 Å². The predicted octanol–water partition coefficient (Wildman–Crippen LogP) is 3.08. The topological polar surface area (TPSA) is 78.2 Å². The molecule has 0 aromatic carbocycles. The number of nitrogens with zero attached hydrogens (tertiary/aromatic N) is 3. The van der Waals surface area contributed by atoms with Crippen molar-refractivity contribution in [2.75, 3.05) is 18.0 Å². The summed E-state index contributed by atoms with van der Waals surface area (Å²) in [6, 6.07) is 6.12. The Hall–Kier alpha value is -2.29. The number of piperidine rings is 2. The van der Waals surface area contributed by atoms with Gasteiger partial charge in [0, 0.05) is 25.3 Å². The van der Waals surface area contributed by atoms with E-state index in [0.717, 1.165) is 25.2 Å². The molecular formula is C19H26N4O2. The molecule has 3 aliphatic rings. The van der Waals surface area contributed by atoms with Gasteiger partial charge < -0.3 is 15.0 Å². The van der Waals surface area contributed by atoms with E-state index in [1.807, 2.05) is 26.8 Å². The van der Waals surface area contributed by atoms with E-state index in [0.29, 0.717) is 30.0 Å². The molecule has 2 saturated heterocycles. The van der Waals surface area contributed by atoms with Gasteiger partial charge in [-0.3, -0.25) is 0 Å². The average molecular weight is 342 g/mol. The summed E-state index contributed by atoms with van der Waals surface area (Å²) < 4.78 is 5.34. The summed E-state index contributed by atoms with van der Waals surface area (Å²) in [6.07, 6.45) is 4.79. The normalized spacial score (nSPS) is 25.4. The van der Waals surface area contributed by atoms with Crippen LogP contribution in [0.3, 0.4) is 0 Å². The molecule has 1 amide bonds. The maximum Gasteiger partial charge on any atom is 0.407 e. The lowest BCUT2D eigenvalue weighted by Gasteiger charge is -2.50. The number of amides is 1. The predicted molar refractivity (Wildman–Crippen MR) is 95.2 cm³/mol. The van der Waals surface area contributed by atoms with E-state index in [1.54, 1.807) is 12.3 Å². The van der Waals surface area contributed by atoms with Crippen molar-refractivity contribution in [3.63, 3.8) is 0 Å². The zero-order valence-electron chi connectivity index (χ0n) is 15.2. The fourth-order valence-electron chi connectivity index (χ4n) is 3.99. The van der Waals surface area contributed by atoms with Crippen LogP contribution in [0, 0.1) is 23.2 Å². The Labute approximate surface area is 149 Å². The summed E-state index contributed by atoms with van der Waals surface area (Å²) in [5.41, 5.74) is 0.151. The number of hydrogen-bond acceptors (Lipinski definition) is 5. The van der Waals surface area contributed by atoms with Gasteiger partial charge in [0.25, 0.3) is 0 Å². The molecule has 3 unspecified atom stereocenters. The van der Waals surface area contributed by atoms with E-state index in [-0.39, 0.29) is 6.09 Å². The summed E-state index contributed by atoms with van der Waals surface area (Å²) in [6.45, 7) is 7.19. The highest BCUT2D eigenvalue weighted by molar-refractivity contribution is 5.67. The molecule has 3 atom stereocenters. The van der Waals surface area contributed by atoms with Gasteiger partial charge in [0.15, 0.2) is 0 Å². The van der Waals surface area contributed by atoms with Crippen LogP contribution in [0.1, 0.15) is 45.6 Å². The monoisotopic (exact) mass is 342 g/mol. The lowest BCUT2D eigenvalue weighted by molar-refractivity contribution is 0.0500. The number of ether oxygens (including phenoxy) is 1. The summed E-state index contributed by atoms with van der Waals surface area (Å²) >= 11 is 0. The van der Waals surface area contributed by atoms with Gasteiger partial charge in [0.1, 0.15) is 11.4 Å². The summed E-state index contributed by atoms with van der Waals surface area (Å²) in [5, 5.41) is 12.1. The zero-order chi connectivity index (χ0) is 18.0. The van der Waals surface area contributed by atoms with Crippen LogP contribution in [0.5, 0.6) is 0 Å². The third-order valence-corrected chi connectivity index (χ3v) is 4.98. The molecule has 134 valence electrons. The maximum atomic E-state index is 11.9. The van der Waals surface area contributed by atoms with Crippen molar-refractivity contribution in [1.29, 1.82) is 5.26 Å². The van der Waals surface area contributed by atoms with Crippen LogP contribution in [-0.4, -0.2) is 35.8 Å². The van der Waals surface area contributed by atoms with Crippen molar-refractivity contribution in [3.05, 3.63) is 23.9 Å². The number of pyridine rings is 1. The van der Waals surface area contributed by atoms with Crippen molar-refractivity contribution >= 4 is 11.9 Å². The van der Waals surface area contributed by atoms with Crippen LogP contribution < -0.4 is 10.2 Å². The number of anilines is 1. The van der Waals surface area contributed by atoms with Crippen molar-refractivity contribution in [3.8, 4) is 6.07 Å². The number of alkyl carbamates (subject to hydrolysis) is 1. The summed E-state index contributed by atoms with van der Waals surface area (Å²) in [4.78, 5) is 18.7. The molecule has 3 fully saturated rings. The zero-order valence-corrected chi connectivity index (χ0v) is 15.2. The van der Waals surface area contributed by atoms with E-state index < -0.39 is 5.60 Å². The van der Waals surface area contributed by atoms with E-state index in [2.05, 4.69) is 21.3 Å². The smallest absolute Gasteiger partial charge is 0.407 e. The standard InChI is InChI=1S/C19H26N4O2/c1-19(2,3)25-18(24)22-11-15-8-14-4-5-16(15)23(12-14)17-9-13(10-20)6-7-21-17/h6-7,9,14-16H,4-5,8,11-12H2,1-3H3,(H,22,24). The molecule has 1 saturated carbocycles. The third-order valence-electron chi connectivity index (χ3n) is 4.98. The largest absolute Gasteiger partial charge is 0.444 e. The van der Waals surface area contributed by atoms with Crippen LogP contribution >= 0.6 is 0 Å². The Balaban J connectivity index is 1.66. The van der Waals surface area contributed by atoms with Gasteiger partial charge in [-0.05, 0) is 64.0 Å². The fourth-order valence-corrected chi connectivity index (χ4v) is 3.99. The molecule has 0 spiro atoms. The van der Waals surface area contributed by atoms with E-state index in [4.69, 9.17) is 10.00 Å². The second-order valence-electron chi connectivity index (χ2n) is 8.06. The number of aromatic nitrogens is 1. The van der Waals surface area contributed by atoms with Gasteiger partial charge in [-0.25, -0.2) is 9.78 Å². The van der Waals surface area contributed by atoms with Gasteiger partial charge in [-0.15, -0.1) is 0 Å². The fraction of sp³-hybridized carbons (Fsp3) is 0.632. The number of carbonyl (C=O) groups excluding carboxylic acids is 1. The van der Waals surface area contributed by atoms with Gasteiger partial charge >= 0.3 is 6.09 Å². The number of nitriles is 1. The van der Waals surface area contributed by atoms with Crippen LogP contribution in [0.25, 0.3) is 0 Å². The third kappa shape index (κ3) is 4.22. The molecule has 1 aromatic heterocycles. The Bertz CT molecular complexity index is 677.